The Bertz CT molecular complexity index is 525. The minimum atomic E-state index is -0.0831. The molecule has 1 aromatic carbocycles. The van der Waals surface area contributed by atoms with Crippen molar-refractivity contribution >= 4 is 11.6 Å². The molecule has 0 radical (unpaired) electrons. The van der Waals surface area contributed by atoms with E-state index in [-0.39, 0.29) is 12.5 Å². The number of fused-ring (bicyclic) bond motifs is 1. The Morgan fingerprint density at radius 1 is 1.36 bits per heavy atom. The van der Waals surface area contributed by atoms with Gasteiger partial charge in [-0.2, -0.15) is 0 Å². The van der Waals surface area contributed by atoms with Crippen LogP contribution in [0.25, 0.3) is 0 Å². The van der Waals surface area contributed by atoms with Gasteiger partial charge in [0.15, 0.2) is 6.61 Å². The number of piperidine rings is 1. The third kappa shape index (κ3) is 3.78. The standard InChI is InChI=1S/C17H25N3O2/c1-2-20-7-5-13(6-8-20)10-18-11-14-3-4-16-15(9-14)19-17(21)12-22-16/h3-4,9,13,18H,2,5-8,10-12H2,1H3,(H,19,21). The van der Waals surface area contributed by atoms with Gasteiger partial charge < -0.3 is 20.3 Å². The molecule has 1 saturated heterocycles. The van der Waals surface area contributed by atoms with Crippen molar-refractivity contribution in [2.24, 2.45) is 5.92 Å². The zero-order chi connectivity index (χ0) is 15.4. The number of nitrogens with zero attached hydrogens (tertiary/aromatic N) is 1. The predicted octanol–water partition coefficient (Wildman–Crippen LogP) is 1.84. The molecule has 2 N–H and O–H groups in total. The highest BCUT2D eigenvalue weighted by Crippen LogP contribution is 2.28. The SMILES string of the molecule is CCN1CCC(CNCc2ccc3c(c2)NC(=O)CO3)CC1. The Balaban J connectivity index is 1.46. The largest absolute Gasteiger partial charge is 0.482 e. The van der Waals surface area contributed by atoms with E-state index in [2.05, 4.69) is 28.5 Å². The lowest BCUT2D eigenvalue weighted by molar-refractivity contribution is -0.118. The molecule has 1 fully saturated rings. The number of ether oxygens (including phenoxy) is 1. The monoisotopic (exact) mass is 303 g/mol. The van der Waals surface area contributed by atoms with Crippen LogP contribution in [0.2, 0.25) is 0 Å². The van der Waals surface area contributed by atoms with E-state index in [1.54, 1.807) is 0 Å². The van der Waals surface area contributed by atoms with Crippen LogP contribution < -0.4 is 15.4 Å². The lowest BCUT2D eigenvalue weighted by atomic mass is 9.97. The fourth-order valence-electron chi connectivity index (χ4n) is 3.17. The molecule has 120 valence electrons. The first-order valence-corrected chi connectivity index (χ1v) is 8.23. The van der Waals surface area contributed by atoms with Gasteiger partial charge in [0.25, 0.3) is 5.91 Å². The molecule has 5 heteroatoms. The number of hydrogen-bond donors (Lipinski definition) is 2. The number of anilines is 1. The highest BCUT2D eigenvalue weighted by Gasteiger charge is 2.18. The van der Waals surface area contributed by atoms with Gasteiger partial charge in [-0.3, -0.25) is 4.79 Å². The van der Waals surface area contributed by atoms with Gasteiger partial charge >= 0.3 is 0 Å². The van der Waals surface area contributed by atoms with Crippen LogP contribution >= 0.6 is 0 Å². The van der Waals surface area contributed by atoms with Crippen molar-refractivity contribution in [2.75, 3.05) is 38.1 Å². The summed E-state index contributed by atoms with van der Waals surface area (Å²) in [5, 5.41) is 6.40. The van der Waals surface area contributed by atoms with Crippen LogP contribution in [0.1, 0.15) is 25.3 Å². The molecule has 3 rings (SSSR count). The number of benzene rings is 1. The maximum atomic E-state index is 11.4. The molecule has 0 atom stereocenters. The number of nitrogens with one attached hydrogen (secondary N) is 2. The highest BCUT2D eigenvalue weighted by atomic mass is 16.5. The number of likely N-dealkylation sites (tertiary alicyclic amines) is 1. The molecular weight excluding hydrogens is 278 g/mol. The van der Waals surface area contributed by atoms with Crippen molar-refractivity contribution < 1.29 is 9.53 Å². The molecule has 1 aromatic rings. The van der Waals surface area contributed by atoms with Gasteiger partial charge in [0, 0.05) is 6.54 Å². The van der Waals surface area contributed by atoms with Crippen LogP contribution in [0.3, 0.4) is 0 Å². The summed E-state index contributed by atoms with van der Waals surface area (Å²) in [6.07, 6.45) is 2.57. The van der Waals surface area contributed by atoms with Crippen molar-refractivity contribution in [3.8, 4) is 5.75 Å². The molecule has 2 aliphatic heterocycles. The molecule has 2 aliphatic rings. The van der Waals surface area contributed by atoms with Crippen molar-refractivity contribution in [1.82, 2.24) is 10.2 Å². The third-order valence-corrected chi connectivity index (χ3v) is 4.59. The lowest BCUT2D eigenvalue weighted by Gasteiger charge is -2.31. The number of carbonyl (C=O) groups excluding carboxylic acids is 1. The third-order valence-electron chi connectivity index (χ3n) is 4.59. The van der Waals surface area contributed by atoms with E-state index in [0.29, 0.717) is 0 Å². The Kier molecular flexibility index (Phi) is 4.95. The molecule has 0 unspecified atom stereocenters. The van der Waals surface area contributed by atoms with Gasteiger partial charge in [-0.1, -0.05) is 13.0 Å². The fraction of sp³-hybridized carbons (Fsp3) is 0.588. The van der Waals surface area contributed by atoms with Gasteiger partial charge in [-0.15, -0.1) is 0 Å². The van der Waals surface area contributed by atoms with Crippen LogP contribution in [0, 0.1) is 5.92 Å². The second kappa shape index (κ2) is 7.11. The van der Waals surface area contributed by atoms with Crippen LogP contribution in [0.4, 0.5) is 5.69 Å². The Labute approximate surface area is 132 Å². The van der Waals surface area contributed by atoms with Gasteiger partial charge in [0.05, 0.1) is 5.69 Å². The van der Waals surface area contributed by atoms with E-state index in [4.69, 9.17) is 4.74 Å². The van der Waals surface area contributed by atoms with E-state index < -0.39 is 0 Å². The maximum Gasteiger partial charge on any atom is 0.262 e. The minimum absolute atomic E-state index is 0.0831. The summed E-state index contributed by atoms with van der Waals surface area (Å²) in [5.74, 6) is 1.46. The van der Waals surface area contributed by atoms with Gasteiger partial charge in [-0.05, 0) is 62.6 Å². The number of amides is 1. The summed E-state index contributed by atoms with van der Waals surface area (Å²) in [7, 11) is 0. The minimum Gasteiger partial charge on any atom is -0.482 e. The van der Waals surface area contributed by atoms with E-state index in [9.17, 15) is 4.79 Å². The second-order valence-corrected chi connectivity index (χ2v) is 6.18. The van der Waals surface area contributed by atoms with E-state index >= 15 is 0 Å². The van der Waals surface area contributed by atoms with Gasteiger partial charge in [0.2, 0.25) is 0 Å². The maximum absolute atomic E-state index is 11.4. The summed E-state index contributed by atoms with van der Waals surface area (Å²) in [6.45, 7) is 7.87. The normalized spacial score (nSPS) is 19.4. The quantitative estimate of drug-likeness (QED) is 0.871. The van der Waals surface area contributed by atoms with Crippen LogP contribution in [-0.2, 0) is 11.3 Å². The first kappa shape index (κ1) is 15.3. The molecule has 0 aliphatic carbocycles. The summed E-state index contributed by atoms with van der Waals surface area (Å²) in [4.78, 5) is 13.9. The topological polar surface area (TPSA) is 53.6 Å². The molecule has 22 heavy (non-hydrogen) atoms. The molecule has 0 bridgehead atoms. The second-order valence-electron chi connectivity index (χ2n) is 6.18. The van der Waals surface area contributed by atoms with Gasteiger partial charge in [-0.25, -0.2) is 0 Å². The summed E-state index contributed by atoms with van der Waals surface area (Å²) in [5.41, 5.74) is 1.96. The summed E-state index contributed by atoms with van der Waals surface area (Å²) in [6, 6.07) is 5.99. The number of hydrogen-bond acceptors (Lipinski definition) is 4. The fourth-order valence-corrected chi connectivity index (χ4v) is 3.17. The van der Waals surface area contributed by atoms with Crippen LogP contribution in [-0.4, -0.2) is 43.6 Å². The predicted molar refractivity (Wildman–Crippen MR) is 87.1 cm³/mol. The van der Waals surface area contributed by atoms with E-state index in [1.807, 2.05) is 12.1 Å². The number of carbonyl (C=O) groups is 1. The number of rotatable bonds is 5. The summed E-state index contributed by atoms with van der Waals surface area (Å²) >= 11 is 0. The molecule has 0 aromatic heterocycles. The Morgan fingerprint density at radius 2 is 2.18 bits per heavy atom. The highest BCUT2D eigenvalue weighted by molar-refractivity contribution is 5.95. The van der Waals surface area contributed by atoms with E-state index in [1.165, 1.54) is 38.0 Å². The van der Waals surface area contributed by atoms with E-state index in [0.717, 1.165) is 30.4 Å². The zero-order valence-electron chi connectivity index (χ0n) is 13.2. The molecule has 0 spiro atoms. The molecule has 5 nitrogen and oxygen atoms in total. The first-order valence-electron chi connectivity index (χ1n) is 8.23. The summed E-state index contributed by atoms with van der Waals surface area (Å²) < 4.78 is 5.37. The van der Waals surface area contributed by atoms with Crippen LogP contribution in [0.15, 0.2) is 18.2 Å². The van der Waals surface area contributed by atoms with Crippen molar-refractivity contribution in [3.63, 3.8) is 0 Å². The average molecular weight is 303 g/mol. The molecular formula is C17H25N3O2. The average Bonchev–Trinajstić information content (AvgIpc) is 2.55. The zero-order valence-corrected chi connectivity index (χ0v) is 13.2. The van der Waals surface area contributed by atoms with Crippen LogP contribution in [0.5, 0.6) is 5.75 Å². The van der Waals surface area contributed by atoms with Crippen molar-refractivity contribution in [3.05, 3.63) is 23.8 Å². The Morgan fingerprint density at radius 3 is 2.95 bits per heavy atom. The smallest absolute Gasteiger partial charge is 0.262 e. The Hall–Kier alpha value is -1.59. The lowest BCUT2D eigenvalue weighted by Crippen LogP contribution is -2.36. The molecule has 0 saturated carbocycles. The first-order chi connectivity index (χ1) is 10.7. The van der Waals surface area contributed by atoms with Crippen molar-refractivity contribution in [2.45, 2.75) is 26.3 Å². The van der Waals surface area contributed by atoms with Gasteiger partial charge in [0.1, 0.15) is 5.75 Å². The van der Waals surface area contributed by atoms with Crippen molar-refractivity contribution in [1.29, 1.82) is 0 Å². The molecule has 1 amide bonds. The molecule has 2 heterocycles.